The van der Waals surface area contributed by atoms with E-state index in [0.29, 0.717) is 31.3 Å². The Morgan fingerprint density at radius 2 is 1.29 bits per heavy atom. The van der Waals surface area contributed by atoms with Gasteiger partial charge >= 0.3 is 5.97 Å². The van der Waals surface area contributed by atoms with E-state index in [4.69, 9.17) is 0 Å². The molecule has 0 bridgehead atoms. The number of aromatic nitrogens is 4. The first-order chi connectivity index (χ1) is 17.1. The molecule has 0 aliphatic carbocycles. The van der Waals surface area contributed by atoms with E-state index < -0.39 is 11.4 Å². The molecule has 172 valence electrons. The smallest absolute Gasteiger partial charge is 0.317 e. The Bertz CT molecular complexity index is 1390. The third kappa shape index (κ3) is 3.69. The van der Waals surface area contributed by atoms with E-state index in [0.717, 1.165) is 28.1 Å². The number of fused-ring (bicyclic) bond motifs is 1. The van der Waals surface area contributed by atoms with Gasteiger partial charge in [-0.25, -0.2) is 0 Å². The molecule has 8 heteroatoms. The summed E-state index contributed by atoms with van der Waals surface area (Å²) in [5.74, 6) is 0.446. The Kier molecular flexibility index (Phi) is 4.99. The molecule has 2 aromatic carbocycles. The molecular weight excluding hydrogens is 440 g/mol. The fourth-order valence-electron chi connectivity index (χ4n) is 4.76. The summed E-state index contributed by atoms with van der Waals surface area (Å²) in [4.78, 5) is 16.3. The average Bonchev–Trinajstić information content (AvgIpc) is 3.46. The molecular formula is C27H22N6O2. The summed E-state index contributed by atoms with van der Waals surface area (Å²) in [5.41, 5.74) is 3.33. The molecule has 0 saturated carbocycles. The Hall–Kier alpha value is -4.59. The highest BCUT2D eigenvalue weighted by molar-refractivity contribution is 5.84. The van der Waals surface area contributed by atoms with Gasteiger partial charge < -0.3 is 14.9 Å². The van der Waals surface area contributed by atoms with Crippen LogP contribution in [0.3, 0.4) is 0 Å². The molecule has 8 nitrogen and oxygen atoms in total. The number of hydrogen-bond donors (Lipinski definition) is 1. The molecule has 2 aliphatic rings. The molecule has 35 heavy (non-hydrogen) atoms. The van der Waals surface area contributed by atoms with Crippen LogP contribution in [-0.4, -0.2) is 51.1 Å². The number of aliphatic carboxylic acids is 1. The number of benzene rings is 2. The normalized spacial score (nSPS) is 18.9. The van der Waals surface area contributed by atoms with Crippen molar-refractivity contribution in [3.05, 3.63) is 96.7 Å². The van der Waals surface area contributed by atoms with Crippen molar-refractivity contribution in [2.75, 3.05) is 29.4 Å². The molecule has 2 aromatic heterocycles. The number of anilines is 2. The lowest BCUT2D eigenvalue weighted by Gasteiger charge is -2.26. The van der Waals surface area contributed by atoms with Crippen molar-refractivity contribution in [1.29, 1.82) is 0 Å². The van der Waals surface area contributed by atoms with Gasteiger partial charge in [0.25, 0.3) is 0 Å². The zero-order valence-corrected chi connectivity index (χ0v) is 18.8. The molecule has 1 N–H and O–H groups in total. The molecule has 0 radical (unpaired) electrons. The van der Waals surface area contributed by atoms with Crippen molar-refractivity contribution in [1.82, 2.24) is 20.4 Å². The maximum absolute atomic E-state index is 12.5. The number of rotatable bonds is 5. The Labute approximate surface area is 202 Å². The van der Waals surface area contributed by atoms with Gasteiger partial charge in [0, 0.05) is 37.0 Å². The second kappa shape index (κ2) is 8.32. The summed E-state index contributed by atoms with van der Waals surface area (Å²) in [5, 5.41) is 27.7. The number of carboxylic acids is 1. The molecule has 1 atom stereocenters. The first-order valence-electron chi connectivity index (χ1n) is 11.4. The minimum absolute atomic E-state index is 0.295. The van der Waals surface area contributed by atoms with Crippen molar-refractivity contribution in [2.45, 2.75) is 0 Å². The maximum Gasteiger partial charge on any atom is 0.317 e. The van der Waals surface area contributed by atoms with Gasteiger partial charge in [0.15, 0.2) is 11.6 Å². The highest BCUT2D eigenvalue weighted by Crippen LogP contribution is 2.44. The lowest BCUT2D eigenvalue weighted by atomic mass is 9.85. The lowest BCUT2D eigenvalue weighted by Crippen LogP contribution is -2.41. The van der Waals surface area contributed by atoms with Crippen LogP contribution < -0.4 is 9.80 Å². The van der Waals surface area contributed by atoms with Gasteiger partial charge in [-0.2, -0.15) is 0 Å². The zero-order chi connectivity index (χ0) is 23.8. The summed E-state index contributed by atoms with van der Waals surface area (Å²) in [6.45, 7) is 1.08. The quantitative estimate of drug-likeness (QED) is 0.477. The fourth-order valence-corrected chi connectivity index (χ4v) is 4.76. The van der Waals surface area contributed by atoms with Crippen LogP contribution in [0.5, 0.6) is 0 Å². The Morgan fingerprint density at radius 3 is 1.77 bits per heavy atom. The summed E-state index contributed by atoms with van der Waals surface area (Å²) < 4.78 is 0. The van der Waals surface area contributed by atoms with Gasteiger partial charge in [0.2, 0.25) is 0 Å². The van der Waals surface area contributed by atoms with Crippen molar-refractivity contribution in [2.24, 2.45) is 5.41 Å². The van der Waals surface area contributed by atoms with Crippen LogP contribution in [0, 0.1) is 5.41 Å². The van der Waals surface area contributed by atoms with Crippen LogP contribution in [0.25, 0.3) is 22.5 Å². The van der Waals surface area contributed by atoms with Gasteiger partial charge in [-0.15, -0.1) is 20.4 Å². The van der Waals surface area contributed by atoms with Gasteiger partial charge in [-0.05, 0) is 29.8 Å². The minimum atomic E-state index is -1.03. The molecule has 1 unspecified atom stereocenters. The highest BCUT2D eigenvalue weighted by Gasteiger charge is 2.54. The first kappa shape index (κ1) is 21.0. The molecule has 6 rings (SSSR count). The summed E-state index contributed by atoms with van der Waals surface area (Å²) in [6, 6.07) is 27.3. The van der Waals surface area contributed by atoms with Crippen LogP contribution >= 0.6 is 0 Å². The monoisotopic (exact) mass is 462 g/mol. The van der Waals surface area contributed by atoms with E-state index in [1.54, 1.807) is 0 Å². The molecule has 0 amide bonds. The molecule has 1 fully saturated rings. The number of hydrogen-bond acceptors (Lipinski definition) is 7. The minimum Gasteiger partial charge on any atom is -0.480 e. The van der Waals surface area contributed by atoms with Gasteiger partial charge in [-0.1, -0.05) is 60.7 Å². The van der Waals surface area contributed by atoms with Crippen molar-refractivity contribution in [3.8, 4) is 22.5 Å². The van der Waals surface area contributed by atoms with Crippen molar-refractivity contribution >= 4 is 17.6 Å². The lowest BCUT2D eigenvalue weighted by molar-refractivity contribution is -0.144. The highest BCUT2D eigenvalue weighted by atomic mass is 16.4. The maximum atomic E-state index is 12.5. The van der Waals surface area contributed by atoms with Crippen LogP contribution in [0.4, 0.5) is 11.6 Å². The largest absolute Gasteiger partial charge is 0.480 e. The standard InChI is InChI=1S/C27H22N6O2/c34-26(35)27-17-32(24-13-11-22(28-30-24)19-7-3-1-4-8-19)15-21(27)16-33(18-27)25-14-12-23(29-31-25)20-9-5-2-6-10-20/h1-15H,16-18H2,(H,34,35). The summed E-state index contributed by atoms with van der Waals surface area (Å²) >= 11 is 0. The topological polar surface area (TPSA) is 95.3 Å². The first-order valence-corrected chi connectivity index (χ1v) is 11.4. The third-order valence-corrected chi connectivity index (χ3v) is 6.66. The van der Waals surface area contributed by atoms with Crippen LogP contribution in [0.1, 0.15) is 0 Å². The van der Waals surface area contributed by atoms with E-state index in [1.807, 2.05) is 101 Å². The van der Waals surface area contributed by atoms with E-state index in [2.05, 4.69) is 20.4 Å². The molecule has 2 aliphatic heterocycles. The van der Waals surface area contributed by atoms with Gasteiger partial charge in [0.1, 0.15) is 5.41 Å². The average molecular weight is 463 g/mol. The van der Waals surface area contributed by atoms with Crippen LogP contribution in [0.2, 0.25) is 0 Å². The number of carboxylic acid groups (broad SMARTS) is 1. The van der Waals surface area contributed by atoms with Crippen molar-refractivity contribution in [3.63, 3.8) is 0 Å². The number of carbonyl (C=O) groups is 1. The zero-order valence-electron chi connectivity index (χ0n) is 18.8. The summed E-state index contributed by atoms with van der Waals surface area (Å²) in [7, 11) is 0. The Balaban J connectivity index is 1.23. The van der Waals surface area contributed by atoms with E-state index in [-0.39, 0.29) is 0 Å². The third-order valence-electron chi connectivity index (χ3n) is 6.66. The van der Waals surface area contributed by atoms with E-state index in [1.165, 1.54) is 0 Å². The van der Waals surface area contributed by atoms with Crippen LogP contribution in [-0.2, 0) is 4.79 Å². The second-order valence-electron chi connectivity index (χ2n) is 8.81. The van der Waals surface area contributed by atoms with E-state index >= 15 is 0 Å². The summed E-state index contributed by atoms with van der Waals surface area (Å²) in [6.07, 6.45) is 1.89. The number of nitrogens with zero attached hydrogens (tertiary/aromatic N) is 6. The van der Waals surface area contributed by atoms with E-state index in [9.17, 15) is 9.90 Å². The molecule has 4 heterocycles. The molecule has 4 aromatic rings. The second-order valence-corrected chi connectivity index (χ2v) is 8.81. The predicted molar refractivity (Wildman–Crippen MR) is 133 cm³/mol. The van der Waals surface area contributed by atoms with Crippen LogP contribution in [0.15, 0.2) is 96.7 Å². The van der Waals surface area contributed by atoms with Gasteiger partial charge in [0.05, 0.1) is 11.4 Å². The Morgan fingerprint density at radius 1 is 0.714 bits per heavy atom. The molecule has 0 spiro atoms. The predicted octanol–water partition coefficient (Wildman–Crippen LogP) is 3.90. The van der Waals surface area contributed by atoms with Crippen molar-refractivity contribution < 1.29 is 9.90 Å². The van der Waals surface area contributed by atoms with Gasteiger partial charge in [-0.3, -0.25) is 4.79 Å². The fraction of sp³-hybridized carbons (Fsp3) is 0.148. The molecule has 1 saturated heterocycles. The SMILES string of the molecule is O=C(O)C12CN(c3ccc(-c4ccccc4)nn3)C=C1CN(c1ccc(-c3ccccc3)nn1)C2.